The minimum absolute atomic E-state index is 0.267. The van der Waals surface area contributed by atoms with Crippen LogP contribution in [0.4, 0.5) is 17.6 Å². The van der Waals surface area contributed by atoms with E-state index in [1.807, 2.05) is 12.1 Å². The van der Waals surface area contributed by atoms with Crippen molar-refractivity contribution in [3.05, 3.63) is 82.9 Å². The molecule has 2 nitrogen and oxygen atoms in total. The van der Waals surface area contributed by atoms with Crippen molar-refractivity contribution >= 4 is 5.97 Å². The normalized spacial score (nSPS) is 17.8. The molecule has 0 aliphatic heterocycles. The fraction of sp³-hybridized carbons (Fsp3) is 0.367. The van der Waals surface area contributed by atoms with Gasteiger partial charge in [-0.25, -0.2) is 22.4 Å². The smallest absolute Gasteiger partial charge is 0.338 e. The fourth-order valence-corrected chi connectivity index (χ4v) is 5.40. The van der Waals surface area contributed by atoms with Crippen LogP contribution < -0.4 is 0 Å². The highest BCUT2D eigenvalue weighted by molar-refractivity contribution is 5.94. The van der Waals surface area contributed by atoms with Crippen LogP contribution in [-0.4, -0.2) is 11.1 Å². The van der Waals surface area contributed by atoms with Crippen molar-refractivity contribution in [2.24, 2.45) is 11.8 Å². The molecule has 0 bridgehead atoms. The molecule has 0 radical (unpaired) electrons. The predicted molar refractivity (Wildman–Crippen MR) is 133 cm³/mol. The molecular formula is C30H30F4O2. The quantitative estimate of drug-likeness (QED) is 0.249. The Morgan fingerprint density at radius 2 is 1.39 bits per heavy atom. The minimum atomic E-state index is -1.67. The number of carboxylic acids is 1. The molecule has 4 rings (SSSR count). The number of rotatable bonds is 8. The Bertz CT molecular complexity index is 1210. The molecule has 36 heavy (non-hydrogen) atoms. The van der Waals surface area contributed by atoms with Crippen LogP contribution in [0.5, 0.6) is 0 Å². The topological polar surface area (TPSA) is 37.3 Å². The first-order valence-electron chi connectivity index (χ1n) is 12.6. The number of carbonyl (C=O) groups is 1. The number of aryl methyl sites for hydroxylation is 1. The van der Waals surface area contributed by atoms with Crippen LogP contribution in [0, 0.1) is 35.1 Å². The summed E-state index contributed by atoms with van der Waals surface area (Å²) in [6.07, 6.45) is 9.76. The first kappa shape index (κ1) is 25.9. The SMILES string of the molecule is CCC[C@H]1CC[C@H](CCc2ccc(-c3ccc(C(=O)O)c(F)c3-c3cc(F)c(F)c(F)c3)cc2)CC1. The summed E-state index contributed by atoms with van der Waals surface area (Å²) in [7, 11) is 0. The molecule has 0 heterocycles. The van der Waals surface area contributed by atoms with Crippen LogP contribution in [0.1, 0.15) is 67.8 Å². The summed E-state index contributed by atoms with van der Waals surface area (Å²) in [4.78, 5) is 11.5. The summed E-state index contributed by atoms with van der Waals surface area (Å²) in [6.45, 7) is 2.24. The van der Waals surface area contributed by atoms with Crippen molar-refractivity contribution < 1.29 is 27.5 Å². The van der Waals surface area contributed by atoms with Gasteiger partial charge >= 0.3 is 5.97 Å². The predicted octanol–water partition coefficient (Wildman–Crippen LogP) is 8.81. The van der Waals surface area contributed by atoms with E-state index < -0.39 is 34.8 Å². The zero-order chi connectivity index (χ0) is 25.8. The van der Waals surface area contributed by atoms with Gasteiger partial charge in [-0.3, -0.25) is 0 Å². The first-order chi connectivity index (χ1) is 17.3. The Balaban J connectivity index is 1.58. The molecule has 1 N–H and O–H groups in total. The van der Waals surface area contributed by atoms with Crippen molar-refractivity contribution in [1.29, 1.82) is 0 Å². The largest absolute Gasteiger partial charge is 0.478 e. The van der Waals surface area contributed by atoms with E-state index in [1.54, 1.807) is 12.1 Å². The van der Waals surface area contributed by atoms with Crippen molar-refractivity contribution in [2.45, 2.75) is 58.3 Å². The van der Waals surface area contributed by atoms with Crippen molar-refractivity contribution in [3.8, 4) is 22.3 Å². The van der Waals surface area contributed by atoms with E-state index in [-0.39, 0.29) is 16.7 Å². The maximum Gasteiger partial charge on any atom is 0.338 e. The lowest BCUT2D eigenvalue weighted by molar-refractivity contribution is 0.0692. The molecule has 0 atom stereocenters. The Morgan fingerprint density at radius 1 is 0.806 bits per heavy atom. The Morgan fingerprint density at radius 3 is 1.94 bits per heavy atom. The molecule has 1 aliphatic rings. The molecule has 6 heteroatoms. The highest BCUT2D eigenvalue weighted by atomic mass is 19.2. The molecular weight excluding hydrogens is 468 g/mol. The molecule has 0 amide bonds. The monoisotopic (exact) mass is 498 g/mol. The maximum atomic E-state index is 15.3. The number of aromatic carboxylic acids is 1. The summed E-state index contributed by atoms with van der Waals surface area (Å²) >= 11 is 0. The number of carboxylic acid groups (broad SMARTS) is 1. The van der Waals surface area contributed by atoms with Crippen LogP contribution in [0.25, 0.3) is 22.3 Å². The maximum absolute atomic E-state index is 15.3. The lowest BCUT2D eigenvalue weighted by Gasteiger charge is -2.28. The summed E-state index contributed by atoms with van der Waals surface area (Å²) in [5.41, 5.74) is 0.772. The lowest BCUT2D eigenvalue weighted by atomic mass is 9.78. The number of benzene rings is 3. The third-order valence-electron chi connectivity index (χ3n) is 7.41. The second-order valence-electron chi connectivity index (χ2n) is 9.82. The van der Waals surface area contributed by atoms with Gasteiger partial charge in [0.2, 0.25) is 0 Å². The van der Waals surface area contributed by atoms with Gasteiger partial charge in [0.25, 0.3) is 0 Å². The fourth-order valence-electron chi connectivity index (χ4n) is 5.40. The third-order valence-corrected chi connectivity index (χ3v) is 7.41. The van der Waals surface area contributed by atoms with Crippen LogP contribution in [0.3, 0.4) is 0 Å². The van der Waals surface area contributed by atoms with Gasteiger partial charge in [-0.15, -0.1) is 0 Å². The Kier molecular flexibility index (Phi) is 8.12. The molecule has 0 unspecified atom stereocenters. The van der Waals surface area contributed by atoms with Crippen molar-refractivity contribution in [2.75, 3.05) is 0 Å². The van der Waals surface area contributed by atoms with Gasteiger partial charge in [0.15, 0.2) is 17.5 Å². The van der Waals surface area contributed by atoms with Gasteiger partial charge in [-0.05, 0) is 65.1 Å². The van der Waals surface area contributed by atoms with Gasteiger partial charge in [0.1, 0.15) is 5.82 Å². The zero-order valence-electron chi connectivity index (χ0n) is 20.3. The summed E-state index contributed by atoms with van der Waals surface area (Å²) in [5.74, 6) is -5.67. The standard InChI is InChI=1S/C30H30F4O2/c1-2-3-18-4-6-19(7-5-18)8-9-20-10-12-21(13-11-20)23-14-15-24(30(35)36)28(33)27(23)22-16-25(31)29(34)26(32)17-22/h10-19H,2-9H2,1H3,(H,35,36)/t18-,19-. The zero-order valence-corrected chi connectivity index (χ0v) is 20.3. The highest BCUT2D eigenvalue weighted by Gasteiger charge is 2.23. The number of hydrogen-bond donors (Lipinski definition) is 1. The Labute approximate surface area is 209 Å². The molecule has 3 aromatic carbocycles. The average molecular weight is 499 g/mol. The van der Waals surface area contributed by atoms with Crippen LogP contribution in [0.2, 0.25) is 0 Å². The number of halogens is 4. The molecule has 0 saturated heterocycles. The van der Waals surface area contributed by atoms with Gasteiger partial charge in [0.05, 0.1) is 5.56 Å². The van der Waals surface area contributed by atoms with E-state index in [0.29, 0.717) is 17.7 Å². The minimum Gasteiger partial charge on any atom is -0.478 e. The van der Waals surface area contributed by atoms with E-state index in [2.05, 4.69) is 6.92 Å². The molecule has 190 valence electrons. The molecule has 1 saturated carbocycles. The van der Waals surface area contributed by atoms with E-state index in [1.165, 1.54) is 44.6 Å². The van der Waals surface area contributed by atoms with E-state index in [0.717, 1.165) is 36.3 Å². The van der Waals surface area contributed by atoms with E-state index in [9.17, 15) is 23.1 Å². The van der Waals surface area contributed by atoms with E-state index in [4.69, 9.17) is 0 Å². The average Bonchev–Trinajstić information content (AvgIpc) is 2.86. The van der Waals surface area contributed by atoms with Gasteiger partial charge in [-0.1, -0.05) is 75.8 Å². The molecule has 0 aromatic heterocycles. The summed E-state index contributed by atoms with van der Waals surface area (Å²) < 4.78 is 56.7. The summed E-state index contributed by atoms with van der Waals surface area (Å²) in [5, 5.41) is 9.35. The number of hydrogen-bond acceptors (Lipinski definition) is 1. The van der Waals surface area contributed by atoms with Gasteiger partial charge in [0, 0.05) is 5.56 Å². The second-order valence-corrected chi connectivity index (χ2v) is 9.82. The van der Waals surface area contributed by atoms with Gasteiger partial charge < -0.3 is 5.11 Å². The van der Waals surface area contributed by atoms with Crippen LogP contribution in [0.15, 0.2) is 48.5 Å². The first-order valence-corrected chi connectivity index (χ1v) is 12.6. The molecule has 1 fully saturated rings. The molecule has 1 aliphatic carbocycles. The van der Waals surface area contributed by atoms with Crippen molar-refractivity contribution in [3.63, 3.8) is 0 Å². The second kappa shape index (κ2) is 11.3. The Hall–Kier alpha value is -3.15. The summed E-state index contributed by atoms with van der Waals surface area (Å²) in [6, 6.07) is 11.4. The highest BCUT2D eigenvalue weighted by Crippen LogP contribution is 2.38. The van der Waals surface area contributed by atoms with Gasteiger partial charge in [-0.2, -0.15) is 0 Å². The van der Waals surface area contributed by atoms with E-state index >= 15 is 4.39 Å². The molecule has 0 spiro atoms. The van der Waals surface area contributed by atoms with Crippen LogP contribution >= 0.6 is 0 Å². The molecule has 3 aromatic rings. The van der Waals surface area contributed by atoms with Crippen molar-refractivity contribution in [1.82, 2.24) is 0 Å². The third kappa shape index (κ3) is 5.63. The lowest BCUT2D eigenvalue weighted by Crippen LogP contribution is -2.15. The van der Waals surface area contributed by atoms with Crippen LogP contribution in [-0.2, 0) is 6.42 Å².